The van der Waals surface area contributed by atoms with Gasteiger partial charge in [0, 0.05) is 0 Å². The molecule has 0 aromatic carbocycles. The van der Waals surface area contributed by atoms with E-state index in [9.17, 15) is 4.79 Å². The highest BCUT2D eigenvalue weighted by Gasteiger charge is 2.20. The monoisotopic (exact) mass is 144 g/mol. The zero-order chi connectivity index (χ0) is 7.23. The first-order valence-corrected chi connectivity index (χ1v) is 3.56. The van der Waals surface area contributed by atoms with Crippen LogP contribution in [0.25, 0.3) is 0 Å². The molecule has 3 nitrogen and oxygen atoms in total. The van der Waals surface area contributed by atoms with Gasteiger partial charge in [0.25, 0.3) is 6.47 Å². The SMILES string of the molecule is O=COCOCCC1CC1. The van der Waals surface area contributed by atoms with Crippen molar-refractivity contribution in [3.05, 3.63) is 0 Å². The normalized spacial score (nSPS) is 16.8. The summed E-state index contributed by atoms with van der Waals surface area (Å²) in [6, 6.07) is 0. The van der Waals surface area contributed by atoms with Crippen LogP contribution in [0.4, 0.5) is 0 Å². The lowest BCUT2D eigenvalue weighted by molar-refractivity contribution is -0.140. The predicted molar refractivity (Wildman–Crippen MR) is 35.3 cm³/mol. The molecule has 1 aliphatic carbocycles. The maximum absolute atomic E-state index is 9.61. The molecule has 10 heavy (non-hydrogen) atoms. The molecule has 3 heteroatoms. The third-order valence-electron chi connectivity index (χ3n) is 1.59. The highest BCUT2D eigenvalue weighted by Crippen LogP contribution is 2.31. The molecule has 1 fully saturated rings. The van der Waals surface area contributed by atoms with Gasteiger partial charge >= 0.3 is 0 Å². The fourth-order valence-corrected chi connectivity index (χ4v) is 0.791. The first-order valence-electron chi connectivity index (χ1n) is 3.56. The fourth-order valence-electron chi connectivity index (χ4n) is 0.791. The Morgan fingerprint density at radius 2 is 2.30 bits per heavy atom. The van der Waals surface area contributed by atoms with Crippen LogP contribution in [-0.4, -0.2) is 19.9 Å². The third kappa shape index (κ3) is 3.45. The molecule has 1 saturated carbocycles. The van der Waals surface area contributed by atoms with Crippen LogP contribution in [0.3, 0.4) is 0 Å². The Morgan fingerprint density at radius 1 is 1.50 bits per heavy atom. The Labute approximate surface area is 60.3 Å². The summed E-state index contributed by atoms with van der Waals surface area (Å²) in [5, 5.41) is 0. The van der Waals surface area contributed by atoms with E-state index in [0.717, 1.165) is 18.9 Å². The Morgan fingerprint density at radius 3 is 2.90 bits per heavy atom. The van der Waals surface area contributed by atoms with E-state index in [1.165, 1.54) is 12.8 Å². The predicted octanol–water partition coefficient (Wildman–Crippen LogP) is 0.934. The van der Waals surface area contributed by atoms with Crippen LogP contribution in [0.2, 0.25) is 0 Å². The fraction of sp³-hybridized carbons (Fsp3) is 0.857. The maximum Gasteiger partial charge on any atom is 0.295 e. The van der Waals surface area contributed by atoms with Crippen LogP contribution in [0, 0.1) is 5.92 Å². The second-order valence-electron chi connectivity index (χ2n) is 2.52. The van der Waals surface area contributed by atoms with Crippen LogP contribution in [0.15, 0.2) is 0 Å². The molecule has 0 aromatic rings. The van der Waals surface area contributed by atoms with Crippen LogP contribution < -0.4 is 0 Å². The van der Waals surface area contributed by atoms with Crippen LogP contribution in [0.1, 0.15) is 19.3 Å². The van der Waals surface area contributed by atoms with E-state index in [1.807, 2.05) is 0 Å². The van der Waals surface area contributed by atoms with Crippen molar-refractivity contribution in [3.63, 3.8) is 0 Å². The van der Waals surface area contributed by atoms with Crippen LogP contribution in [0.5, 0.6) is 0 Å². The first-order chi connectivity index (χ1) is 4.93. The van der Waals surface area contributed by atoms with Gasteiger partial charge in [-0.15, -0.1) is 0 Å². The number of hydrogen-bond acceptors (Lipinski definition) is 3. The molecule has 1 aliphatic rings. The van der Waals surface area contributed by atoms with Gasteiger partial charge in [0.05, 0.1) is 6.61 Å². The largest absolute Gasteiger partial charge is 0.441 e. The van der Waals surface area contributed by atoms with E-state index < -0.39 is 0 Å². The number of rotatable bonds is 6. The molecule has 0 bridgehead atoms. The van der Waals surface area contributed by atoms with Crippen molar-refractivity contribution in [1.82, 2.24) is 0 Å². The van der Waals surface area contributed by atoms with Gasteiger partial charge in [0.2, 0.25) is 0 Å². The molecule has 0 unspecified atom stereocenters. The molecular weight excluding hydrogens is 132 g/mol. The number of hydrogen-bond donors (Lipinski definition) is 0. The summed E-state index contributed by atoms with van der Waals surface area (Å²) in [6.07, 6.45) is 3.80. The Hall–Kier alpha value is -0.570. The lowest BCUT2D eigenvalue weighted by atomic mass is 10.3. The summed E-state index contributed by atoms with van der Waals surface area (Å²) in [5.74, 6) is 0.885. The highest BCUT2D eigenvalue weighted by molar-refractivity contribution is 5.36. The molecule has 58 valence electrons. The molecule has 0 radical (unpaired) electrons. The summed E-state index contributed by atoms with van der Waals surface area (Å²) in [6.45, 7) is 1.23. The van der Waals surface area contributed by atoms with Crippen molar-refractivity contribution in [3.8, 4) is 0 Å². The van der Waals surface area contributed by atoms with Gasteiger partial charge in [-0.1, -0.05) is 12.8 Å². The molecule has 0 heterocycles. The van der Waals surface area contributed by atoms with Crippen molar-refractivity contribution in [2.75, 3.05) is 13.4 Å². The quantitative estimate of drug-likeness (QED) is 0.316. The topological polar surface area (TPSA) is 35.5 Å². The van der Waals surface area contributed by atoms with Crippen molar-refractivity contribution in [1.29, 1.82) is 0 Å². The molecule has 0 spiro atoms. The summed E-state index contributed by atoms with van der Waals surface area (Å²) >= 11 is 0. The van der Waals surface area contributed by atoms with E-state index in [2.05, 4.69) is 4.74 Å². The number of ether oxygens (including phenoxy) is 2. The minimum Gasteiger partial charge on any atom is -0.441 e. The lowest BCUT2D eigenvalue weighted by Gasteiger charge is -1.99. The van der Waals surface area contributed by atoms with Gasteiger partial charge in [0.1, 0.15) is 0 Å². The van der Waals surface area contributed by atoms with Crippen molar-refractivity contribution in [2.24, 2.45) is 5.92 Å². The van der Waals surface area contributed by atoms with Crippen molar-refractivity contribution >= 4 is 6.47 Å². The Bertz CT molecular complexity index is 99.0. The van der Waals surface area contributed by atoms with Gasteiger partial charge in [-0.25, -0.2) is 0 Å². The standard InChI is InChI=1S/C7H12O3/c8-5-10-6-9-4-3-7-1-2-7/h5,7H,1-4,6H2. The summed E-state index contributed by atoms with van der Waals surface area (Å²) in [7, 11) is 0. The molecular formula is C7H12O3. The molecule has 0 saturated heterocycles. The van der Waals surface area contributed by atoms with Crippen molar-refractivity contribution in [2.45, 2.75) is 19.3 Å². The Balaban J connectivity index is 1.72. The number of carbonyl (C=O) groups is 1. The van der Waals surface area contributed by atoms with Crippen molar-refractivity contribution < 1.29 is 14.3 Å². The Kier molecular flexibility index (Phi) is 3.22. The van der Waals surface area contributed by atoms with E-state index in [0.29, 0.717) is 6.47 Å². The van der Waals surface area contributed by atoms with E-state index in [-0.39, 0.29) is 6.79 Å². The molecule has 0 amide bonds. The molecule has 0 N–H and O–H groups in total. The van der Waals surface area contributed by atoms with Gasteiger partial charge in [-0.3, -0.25) is 4.79 Å². The van der Waals surface area contributed by atoms with E-state index in [1.54, 1.807) is 0 Å². The third-order valence-corrected chi connectivity index (χ3v) is 1.59. The second-order valence-corrected chi connectivity index (χ2v) is 2.52. The summed E-state index contributed by atoms with van der Waals surface area (Å²) in [5.41, 5.74) is 0. The zero-order valence-electron chi connectivity index (χ0n) is 5.91. The molecule has 0 aliphatic heterocycles. The molecule has 1 rings (SSSR count). The lowest BCUT2D eigenvalue weighted by Crippen LogP contribution is -2.00. The number of carbonyl (C=O) groups excluding carboxylic acids is 1. The minimum absolute atomic E-state index is 0.107. The smallest absolute Gasteiger partial charge is 0.295 e. The van der Waals surface area contributed by atoms with Gasteiger partial charge < -0.3 is 9.47 Å². The van der Waals surface area contributed by atoms with Crippen LogP contribution in [-0.2, 0) is 14.3 Å². The van der Waals surface area contributed by atoms with E-state index in [4.69, 9.17) is 4.74 Å². The van der Waals surface area contributed by atoms with Gasteiger partial charge in [0.15, 0.2) is 6.79 Å². The van der Waals surface area contributed by atoms with Gasteiger partial charge in [-0.05, 0) is 12.3 Å². The average molecular weight is 144 g/mol. The summed E-state index contributed by atoms with van der Waals surface area (Å²) < 4.78 is 9.30. The highest BCUT2D eigenvalue weighted by atomic mass is 16.7. The molecule has 0 aromatic heterocycles. The average Bonchev–Trinajstić information content (AvgIpc) is 2.71. The van der Waals surface area contributed by atoms with E-state index >= 15 is 0 Å². The van der Waals surface area contributed by atoms with Crippen LogP contribution >= 0.6 is 0 Å². The van der Waals surface area contributed by atoms with Gasteiger partial charge in [-0.2, -0.15) is 0 Å². The zero-order valence-corrected chi connectivity index (χ0v) is 5.91. The summed E-state index contributed by atoms with van der Waals surface area (Å²) in [4.78, 5) is 9.61. The second kappa shape index (κ2) is 4.28. The first kappa shape index (κ1) is 7.54. The minimum atomic E-state index is 0.107. The maximum atomic E-state index is 9.61. The molecule has 0 atom stereocenters.